The molecule has 0 aliphatic rings. The first-order valence-electron chi connectivity index (χ1n) is 6.62. The van der Waals surface area contributed by atoms with Gasteiger partial charge in [0, 0.05) is 11.1 Å². The lowest BCUT2D eigenvalue weighted by Crippen LogP contribution is -1.89. The number of hydrogen-bond donors (Lipinski definition) is 1. The maximum atomic E-state index is 9.71. The molecule has 0 unspecified atom stereocenters. The van der Waals surface area contributed by atoms with E-state index in [0.717, 1.165) is 16.7 Å². The molecule has 0 aliphatic heterocycles. The Hall–Kier alpha value is -2.10. The van der Waals surface area contributed by atoms with E-state index in [1.54, 1.807) is 6.07 Å². The summed E-state index contributed by atoms with van der Waals surface area (Å²) in [6.45, 7) is 1.86. The van der Waals surface area contributed by atoms with Crippen molar-refractivity contribution in [3.63, 3.8) is 0 Å². The Morgan fingerprint density at radius 1 is 1.10 bits per heavy atom. The number of aryl methyl sites for hydroxylation is 1. The maximum absolute atomic E-state index is 9.71. The Balaban J connectivity index is 2.13. The fraction of sp³-hybridized carbons (Fsp3) is 0.118. The Morgan fingerprint density at radius 3 is 2.48 bits per heavy atom. The standard InChI is InChI=1S/C17H14ClNO2/c1-11-6-8-12(9-7-11)17-14(10-20)16(19-21-17)13-4-2-3-5-15(13)18/h2-9,20H,10H2,1H3. The summed E-state index contributed by atoms with van der Waals surface area (Å²) in [7, 11) is 0. The van der Waals surface area contributed by atoms with Crippen molar-refractivity contribution in [2.24, 2.45) is 0 Å². The SMILES string of the molecule is Cc1ccc(-c2onc(-c3ccccc3Cl)c2CO)cc1. The second kappa shape index (κ2) is 5.72. The van der Waals surface area contributed by atoms with Crippen molar-refractivity contribution >= 4 is 11.6 Å². The number of nitrogens with zero attached hydrogens (tertiary/aromatic N) is 1. The maximum Gasteiger partial charge on any atom is 0.173 e. The third-order valence-corrected chi connectivity index (χ3v) is 3.72. The molecule has 0 spiro atoms. The van der Waals surface area contributed by atoms with Crippen LogP contribution < -0.4 is 0 Å². The van der Waals surface area contributed by atoms with Gasteiger partial charge in [-0.25, -0.2) is 0 Å². The third-order valence-electron chi connectivity index (χ3n) is 3.39. The minimum Gasteiger partial charge on any atom is -0.391 e. The molecule has 1 heterocycles. The lowest BCUT2D eigenvalue weighted by atomic mass is 10.0. The van der Waals surface area contributed by atoms with Crippen LogP contribution >= 0.6 is 11.6 Å². The van der Waals surface area contributed by atoms with Gasteiger partial charge in [-0.3, -0.25) is 0 Å². The number of benzene rings is 2. The molecule has 2 aromatic carbocycles. The molecule has 3 nitrogen and oxygen atoms in total. The lowest BCUT2D eigenvalue weighted by molar-refractivity contribution is 0.281. The molecule has 0 aliphatic carbocycles. The van der Waals surface area contributed by atoms with Crippen LogP contribution in [0.15, 0.2) is 53.1 Å². The molecule has 0 bridgehead atoms. The van der Waals surface area contributed by atoms with E-state index < -0.39 is 0 Å². The molecule has 3 aromatic rings. The quantitative estimate of drug-likeness (QED) is 0.776. The van der Waals surface area contributed by atoms with Crippen LogP contribution in [-0.2, 0) is 6.61 Å². The van der Waals surface area contributed by atoms with Crippen LogP contribution in [0.25, 0.3) is 22.6 Å². The lowest BCUT2D eigenvalue weighted by Gasteiger charge is -2.03. The Bertz CT molecular complexity index is 763. The zero-order valence-electron chi connectivity index (χ0n) is 11.5. The van der Waals surface area contributed by atoms with Crippen molar-refractivity contribution in [1.29, 1.82) is 0 Å². The van der Waals surface area contributed by atoms with Gasteiger partial charge in [-0.05, 0) is 13.0 Å². The number of rotatable bonds is 3. The monoisotopic (exact) mass is 299 g/mol. The third kappa shape index (κ3) is 2.58. The molecule has 21 heavy (non-hydrogen) atoms. The first kappa shape index (κ1) is 13.9. The van der Waals surface area contributed by atoms with E-state index in [1.165, 1.54) is 0 Å². The van der Waals surface area contributed by atoms with E-state index in [2.05, 4.69) is 5.16 Å². The predicted molar refractivity (Wildman–Crippen MR) is 83.0 cm³/mol. The number of aliphatic hydroxyl groups is 1. The van der Waals surface area contributed by atoms with Gasteiger partial charge < -0.3 is 9.63 Å². The van der Waals surface area contributed by atoms with Crippen molar-refractivity contribution in [2.75, 3.05) is 0 Å². The van der Waals surface area contributed by atoms with E-state index in [4.69, 9.17) is 16.1 Å². The van der Waals surface area contributed by atoms with Gasteiger partial charge >= 0.3 is 0 Å². The number of aliphatic hydroxyl groups excluding tert-OH is 1. The summed E-state index contributed by atoms with van der Waals surface area (Å²) in [6.07, 6.45) is 0. The molecule has 0 fully saturated rings. The fourth-order valence-electron chi connectivity index (χ4n) is 2.25. The molecule has 1 aromatic heterocycles. The van der Waals surface area contributed by atoms with E-state index in [9.17, 15) is 5.11 Å². The molecule has 3 rings (SSSR count). The highest BCUT2D eigenvalue weighted by molar-refractivity contribution is 6.33. The average Bonchev–Trinajstić information content (AvgIpc) is 2.92. The molecule has 0 radical (unpaired) electrons. The molecule has 106 valence electrons. The van der Waals surface area contributed by atoms with Crippen LogP contribution in [0.2, 0.25) is 5.02 Å². The number of halogens is 1. The van der Waals surface area contributed by atoms with Gasteiger partial charge in [-0.2, -0.15) is 0 Å². The predicted octanol–water partition coefficient (Wildman–Crippen LogP) is 4.46. The highest BCUT2D eigenvalue weighted by Crippen LogP contribution is 2.35. The van der Waals surface area contributed by atoms with E-state index in [1.807, 2.05) is 49.4 Å². The van der Waals surface area contributed by atoms with Crippen LogP contribution in [0.4, 0.5) is 0 Å². The Labute approximate surface area is 127 Å². The zero-order valence-corrected chi connectivity index (χ0v) is 12.3. The van der Waals surface area contributed by atoms with Gasteiger partial charge in [0.2, 0.25) is 0 Å². The van der Waals surface area contributed by atoms with Gasteiger partial charge in [0.05, 0.1) is 17.2 Å². The second-order valence-corrected chi connectivity index (χ2v) is 5.25. The summed E-state index contributed by atoms with van der Waals surface area (Å²) in [5.74, 6) is 0.576. The largest absolute Gasteiger partial charge is 0.391 e. The molecule has 0 saturated carbocycles. The Kier molecular flexibility index (Phi) is 3.78. The van der Waals surface area contributed by atoms with Gasteiger partial charge in [0.15, 0.2) is 5.76 Å². The van der Waals surface area contributed by atoms with Gasteiger partial charge in [0.25, 0.3) is 0 Å². The summed E-state index contributed by atoms with van der Waals surface area (Å²) < 4.78 is 5.45. The first-order chi connectivity index (χ1) is 10.2. The first-order valence-corrected chi connectivity index (χ1v) is 7.00. The van der Waals surface area contributed by atoms with Crippen LogP contribution in [0.1, 0.15) is 11.1 Å². The van der Waals surface area contributed by atoms with Crippen molar-refractivity contribution in [2.45, 2.75) is 13.5 Å². The average molecular weight is 300 g/mol. The highest BCUT2D eigenvalue weighted by Gasteiger charge is 2.19. The summed E-state index contributed by atoms with van der Waals surface area (Å²) in [5.41, 5.74) is 4.03. The molecule has 4 heteroatoms. The van der Waals surface area contributed by atoms with Gasteiger partial charge in [-0.1, -0.05) is 64.8 Å². The molecule has 0 saturated heterocycles. The summed E-state index contributed by atoms with van der Waals surface area (Å²) in [6, 6.07) is 15.3. The van der Waals surface area contributed by atoms with E-state index >= 15 is 0 Å². The van der Waals surface area contributed by atoms with Crippen molar-refractivity contribution in [3.8, 4) is 22.6 Å². The molecule has 0 atom stereocenters. The summed E-state index contributed by atoms with van der Waals surface area (Å²) in [5, 5.41) is 14.4. The summed E-state index contributed by atoms with van der Waals surface area (Å²) >= 11 is 6.20. The van der Waals surface area contributed by atoms with Crippen molar-refractivity contribution in [1.82, 2.24) is 5.16 Å². The Morgan fingerprint density at radius 2 is 1.81 bits per heavy atom. The minimum atomic E-state index is -0.159. The fourth-order valence-corrected chi connectivity index (χ4v) is 2.48. The molecule has 0 amide bonds. The molecular weight excluding hydrogens is 286 g/mol. The smallest absolute Gasteiger partial charge is 0.173 e. The van der Waals surface area contributed by atoms with Gasteiger partial charge in [0.1, 0.15) is 5.69 Å². The normalized spacial score (nSPS) is 10.8. The molecule has 1 N–H and O–H groups in total. The van der Waals surface area contributed by atoms with E-state index in [-0.39, 0.29) is 6.61 Å². The number of hydrogen-bond acceptors (Lipinski definition) is 3. The minimum absolute atomic E-state index is 0.159. The van der Waals surface area contributed by atoms with Crippen LogP contribution in [-0.4, -0.2) is 10.3 Å². The van der Waals surface area contributed by atoms with Crippen LogP contribution in [0.5, 0.6) is 0 Å². The highest BCUT2D eigenvalue weighted by atomic mass is 35.5. The van der Waals surface area contributed by atoms with Crippen molar-refractivity contribution in [3.05, 3.63) is 64.7 Å². The summed E-state index contributed by atoms with van der Waals surface area (Å²) in [4.78, 5) is 0. The number of aromatic nitrogens is 1. The topological polar surface area (TPSA) is 46.3 Å². The van der Waals surface area contributed by atoms with E-state index in [0.29, 0.717) is 22.0 Å². The second-order valence-electron chi connectivity index (χ2n) is 4.84. The van der Waals surface area contributed by atoms with Gasteiger partial charge in [-0.15, -0.1) is 0 Å². The zero-order chi connectivity index (χ0) is 14.8. The van der Waals surface area contributed by atoms with Crippen LogP contribution in [0, 0.1) is 6.92 Å². The van der Waals surface area contributed by atoms with Crippen LogP contribution in [0.3, 0.4) is 0 Å². The molecular formula is C17H14ClNO2. The van der Waals surface area contributed by atoms with Crippen molar-refractivity contribution < 1.29 is 9.63 Å².